The Balaban J connectivity index is 1.96. The first-order valence-corrected chi connectivity index (χ1v) is 11.3. The minimum absolute atomic E-state index is 0.0544. The van der Waals surface area contributed by atoms with E-state index >= 15 is 0 Å². The van der Waals surface area contributed by atoms with E-state index in [0.717, 1.165) is 18.3 Å². The van der Waals surface area contributed by atoms with E-state index in [1.165, 1.54) is 110 Å². The predicted molar refractivity (Wildman–Crippen MR) is 108 cm³/mol. The highest BCUT2D eigenvalue weighted by Gasteiger charge is 2.25. The molecule has 2 nitrogen and oxygen atoms in total. The second kappa shape index (κ2) is 15.7. The number of carbonyl (C=O) groups is 1. The molecule has 1 saturated carbocycles. The average Bonchev–Trinajstić information content (AvgIpc) is 3.07. The zero-order valence-corrected chi connectivity index (χ0v) is 17.2. The van der Waals surface area contributed by atoms with Crippen LogP contribution in [0.2, 0.25) is 0 Å². The van der Waals surface area contributed by atoms with Gasteiger partial charge < -0.3 is 4.74 Å². The topological polar surface area (TPSA) is 26.3 Å². The summed E-state index contributed by atoms with van der Waals surface area (Å²) in [6, 6.07) is 0. The molecule has 0 N–H and O–H groups in total. The molecule has 1 aliphatic carbocycles. The maximum absolute atomic E-state index is 11.1. The van der Waals surface area contributed by atoms with Crippen molar-refractivity contribution in [2.24, 2.45) is 11.8 Å². The fraction of sp³-hybridized carbons (Fsp3) is 0.957. The normalized spacial score (nSPS) is 20.1. The lowest BCUT2D eigenvalue weighted by Crippen LogP contribution is -2.08. The maximum Gasteiger partial charge on any atom is 0.305 e. The Kier molecular flexibility index (Phi) is 14.1. The van der Waals surface area contributed by atoms with Crippen LogP contribution in [0.4, 0.5) is 0 Å². The van der Waals surface area contributed by atoms with Crippen LogP contribution in [0.25, 0.3) is 0 Å². The second-order valence-electron chi connectivity index (χ2n) is 8.24. The van der Waals surface area contributed by atoms with Crippen LogP contribution in [-0.4, -0.2) is 13.1 Å². The van der Waals surface area contributed by atoms with Crippen molar-refractivity contribution in [3.8, 4) is 0 Å². The van der Waals surface area contributed by atoms with Crippen LogP contribution in [0.1, 0.15) is 122 Å². The van der Waals surface area contributed by atoms with E-state index in [1.54, 1.807) is 0 Å². The molecule has 0 aliphatic heterocycles. The number of hydrogen-bond donors (Lipinski definition) is 0. The Labute approximate surface area is 157 Å². The molecule has 2 atom stereocenters. The van der Waals surface area contributed by atoms with Gasteiger partial charge in [0.2, 0.25) is 0 Å². The van der Waals surface area contributed by atoms with Crippen molar-refractivity contribution >= 4 is 5.97 Å². The van der Waals surface area contributed by atoms with Crippen molar-refractivity contribution in [2.45, 2.75) is 122 Å². The van der Waals surface area contributed by atoms with Gasteiger partial charge in [-0.05, 0) is 18.3 Å². The van der Waals surface area contributed by atoms with Crippen LogP contribution >= 0.6 is 0 Å². The largest absolute Gasteiger partial charge is 0.469 e. The van der Waals surface area contributed by atoms with Gasteiger partial charge in [-0.1, -0.05) is 110 Å². The highest BCUT2D eigenvalue weighted by atomic mass is 16.5. The van der Waals surface area contributed by atoms with Crippen molar-refractivity contribution < 1.29 is 9.53 Å². The summed E-state index contributed by atoms with van der Waals surface area (Å²) < 4.78 is 4.69. The molecule has 148 valence electrons. The fourth-order valence-corrected chi connectivity index (χ4v) is 4.55. The fourth-order valence-electron chi connectivity index (χ4n) is 4.55. The maximum atomic E-state index is 11.1. The van der Waals surface area contributed by atoms with E-state index in [0.29, 0.717) is 6.42 Å². The van der Waals surface area contributed by atoms with Crippen LogP contribution < -0.4 is 0 Å². The van der Waals surface area contributed by atoms with E-state index < -0.39 is 0 Å². The summed E-state index contributed by atoms with van der Waals surface area (Å²) in [5, 5.41) is 0. The van der Waals surface area contributed by atoms with E-state index in [4.69, 9.17) is 4.74 Å². The SMILES string of the molecule is CCCCCCCCCC[C@H]1CCC[C@@H]1CCCCCCC(=O)OC. The molecule has 1 aliphatic rings. The van der Waals surface area contributed by atoms with Crippen LogP contribution in [-0.2, 0) is 9.53 Å². The summed E-state index contributed by atoms with van der Waals surface area (Å²) in [4.78, 5) is 11.1. The van der Waals surface area contributed by atoms with Crippen molar-refractivity contribution in [2.75, 3.05) is 7.11 Å². The van der Waals surface area contributed by atoms with Gasteiger partial charge in [0.25, 0.3) is 0 Å². The molecule has 0 aromatic heterocycles. The van der Waals surface area contributed by atoms with Crippen LogP contribution in [0.3, 0.4) is 0 Å². The summed E-state index contributed by atoms with van der Waals surface area (Å²) >= 11 is 0. The van der Waals surface area contributed by atoms with E-state index in [2.05, 4.69) is 6.92 Å². The number of rotatable bonds is 16. The van der Waals surface area contributed by atoms with Gasteiger partial charge in [-0.25, -0.2) is 0 Å². The highest BCUT2D eigenvalue weighted by Crippen LogP contribution is 2.38. The monoisotopic (exact) mass is 352 g/mol. The van der Waals surface area contributed by atoms with E-state index in [9.17, 15) is 4.79 Å². The molecule has 0 radical (unpaired) electrons. The summed E-state index contributed by atoms with van der Waals surface area (Å²) in [7, 11) is 1.48. The van der Waals surface area contributed by atoms with Crippen molar-refractivity contribution in [1.82, 2.24) is 0 Å². The number of ether oxygens (including phenoxy) is 1. The first kappa shape index (κ1) is 22.5. The van der Waals surface area contributed by atoms with Crippen molar-refractivity contribution in [3.05, 3.63) is 0 Å². The Morgan fingerprint density at radius 2 is 1.24 bits per heavy atom. The third-order valence-electron chi connectivity index (χ3n) is 6.18. The molecule has 0 amide bonds. The first-order valence-electron chi connectivity index (χ1n) is 11.3. The van der Waals surface area contributed by atoms with Gasteiger partial charge in [0.1, 0.15) is 0 Å². The van der Waals surface area contributed by atoms with E-state index in [1.807, 2.05) is 0 Å². The molecule has 25 heavy (non-hydrogen) atoms. The number of hydrogen-bond acceptors (Lipinski definition) is 2. The number of unbranched alkanes of at least 4 members (excludes halogenated alkanes) is 10. The summed E-state index contributed by atoms with van der Waals surface area (Å²) in [5.74, 6) is 1.97. The van der Waals surface area contributed by atoms with Gasteiger partial charge in [0.05, 0.1) is 7.11 Å². The average molecular weight is 353 g/mol. The standard InChI is InChI=1S/C23H44O2/c1-3-4-5-6-7-8-9-12-16-21-18-15-19-22(21)17-13-10-11-14-20-23(24)25-2/h21-22H,3-20H2,1-2H3/t21-,22-/m0/s1. The molecule has 0 saturated heterocycles. The molecule has 1 rings (SSSR count). The van der Waals surface area contributed by atoms with Gasteiger partial charge in [-0.15, -0.1) is 0 Å². The highest BCUT2D eigenvalue weighted by molar-refractivity contribution is 5.68. The second-order valence-corrected chi connectivity index (χ2v) is 8.24. The minimum Gasteiger partial charge on any atom is -0.469 e. The lowest BCUT2D eigenvalue weighted by Gasteiger charge is -2.19. The first-order chi connectivity index (χ1) is 12.3. The quantitative estimate of drug-likeness (QED) is 0.213. The van der Waals surface area contributed by atoms with Crippen molar-refractivity contribution in [1.29, 1.82) is 0 Å². The number of esters is 1. The molecule has 0 unspecified atom stereocenters. The summed E-state index contributed by atoms with van der Waals surface area (Å²) in [5.41, 5.74) is 0. The molecular weight excluding hydrogens is 308 g/mol. The van der Waals surface area contributed by atoms with Gasteiger partial charge in [0.15, 0.2) is 0 Å². The molecule has 0 aromatic carbocycles. The lowest BCUT2D eigenvalue weighted by molar-refractivity contribution is -0.140. The van der Waals surface area contributed by atoms with Gasteiger partial charge >= 0.3 is 5.97 Å². The Morgan fingerprint density at radius 3 is 1.76 bits per heavy atom. The van der Waals surface area contributed by atoms with E-state index in [-0.39, 0.29) is 5.97 Å². The molecule has 2 heteroatoms. The molecule has 0 bridgehead atoms. The zero-order chi connectivity index (χ0) is 18.2. The molecular formula is C23H44O2. The lowest BCUT2D eigenvalue weighted by atomic mass is 9.86. The van der Waals surface area contributed by atoms with Crippen molar-refractivity contribution in [3.63, 3.8) is 0 Å². The van der Waals surface area contributed by atoms with Crippen LogP contribution in [0.15, 0.2) is 0 Å². The molecule has 0 heterocycles. The van der Waals surface area contributed by atoms with Gasteiger partial charge in [-0.3, -0.25) is 4.79 Å². The number of carbonyl (C=O) groups excluding carboxylic acids is 1. The molecule has 0 spiro atoms. The Bertz CT molecular complexity index is 313. The minimum atomic E-state index is -0.0544. The smallest absolute Gasteiger partial charge is 0.305 e. The van der Waals surface area contributed by atoms with Gasteiger partial charge in [0, 0.05) is 6.42 Å². The Morgan fingerprint density at radius 1 is 0.760 bits per heavy atom. The third-order valence-corrected chi connectivity index (χ3v) is 6.18. The predicted octanol–water partition coefficient (Wildman–Crippen LogP) is 7.45. The molecule has 1 fully saturated rings. The zero-order valence-electron chi connectivity index (χ0n) is 17.2. The van der Waals surface area contributed by atoms with Gasteiger partial charge in [-0.2, -0.15) is 0 Å². The number of methoxy groups -OCH3 is 1. The van der Waals surface area contributed by atoms with Crippen LogP contribution in [0.5, 0.6) is 0 Å². The summed E-state index contributed by atoms with van der Waals surface area (Å²) in [6.45, 7) is 2.29. The third kappa shape index (κ3) is 11.7. The summed E-state index contributed by atoms with van der Waals surface area (Å²) in [6.07, 6.45) is 24.3. The Hall–Kier alpha value is -0.530. The van der Waals surface area contributed by atoms with Crippen LogP contribution in [0, 0.1) is 11.8 Å². The molecule has 0 aromatic rings.